The predicted octanol–water partition coefficient (Wildman–Crippen LogP) is 3.40. The molecule has 0 aliphatic heterocycles. The highest BCUT2D eigenvalue weighted by atomic mass is 32.2. The number of halogens is 2. The van der Waals surface area contributed by atoms with Crippen molar-refractivity contribution in [3.8, 4) is 5.75 Å². The first-order chi connectivity index (χ1) is 10.8. The van der Waals surface area contributed by atoms with Gasteiger partial charge < -0.3 is 15.4 Å². The lowest BCUT2D eigenvalue weighted by molar-refractivity contribution is -0.0504. The van der Waals surface area contributed by atoms with E-state index in [0.717, 1.165) is 12.1 Å². The van der Waals surface area contributed by atoms with E-state index in [9.17, 15) is 8.78 Å². The number of guanidine groups is 1. The van der Waals surface area contributed by atoms with Crippen LogP contribution in [0, 0.1) is 6.92 Å². The summed E-state index contributed by atoms with van der Waals surface area (Å²) >= 11 is 1.76. The van der Waals surface area contributed by atoms with E-state index in [1.54, 1.807) is 30.9 Å². The Balaban J connectivity index is 2.70. The summed E-state index contributed by atoms with van der Waals surface area (Å²) in [6, 6.07) is 5.13. The molecule has 0 radical (unpaired) electrons. The lowest BCUT2D eigenvalue weighted by Gasteiger charge is -2.24. The maximum Gasteiger partial charge on any atom is 0.387 e. The lowest BCUT2D eigenvalue weighted by Crippen LogP contribution is -2.43. The molecule has 0 heterocycles. The fourth-order valence-electron chi connectivity index (χ4n) is 1.83. The minimum absolute atomic E-state index is 0.0743. The maximum absolute atomic E-state index is 12.5. The first kappa shape index (κ1) is 19.5. The second kappa shape index (κ2) is 8.96. The summed E-state index contributed by atoms with van der Waals surface area (Å²) in [4.78, 5) is 4.15. The van der Waals surface area contributed by atoms with Gasteiger partial charge in [-0.3, -0.25) is 4.99 Å². The number of ether oxygens (including phenoxy) is 1. The van der Waals surface area contributed by atoms with Crippen molar-refractivity contribution in [2.45, 2.75) is 38.7 Å². The zero-order chi connectivity index (χ0) is 17.5. The minimum Gasteiger partial charge on any atom is -0.434 e. The topological polar surface area (TPSA) is 45.7 Å². The van der Waals surface area contributed by atoms with Gasteiger partial charge in [-0.1, -0.05) is 17.7 Å². The molecule has 0 aliphatic rings. The summed E-state index contributed by atoms with van der Waals surface area (Å²) < 4.78 is 29.6. The van der Waals surface area contributed by atoms with Crippen LogP contribution < -0.4 is 15.4 Å². The van der Waals surface area contributed by atoms with Crippen LogP contribution in [0.5, 0.6) is 5.75 Å². The molecule has 7 heteroatoms. The van der Waals surface area contributed by atoms with Gasteiger partial charge in [0.05, 0.1) is 0 Å². The van der Waals surface area contributed by atoms with Crippen molar-refractivity contribution in [3.63, 3.8) is 0 Å². The van der Waals surface area contributed by atoms with Crippen molar-refractivity contribution >= 4 is 17.7 Å². The number of rotatable bonds is 7. The van der Waals surface area contributed by atoms with Gasteiger partial charge in [0.1, 0.15) is 5.75 Å². The van der Waals surface area contributed by atoms with Crippen LogP contribution in [0.25, 0.3) is 0 Å². The summed E-state index contributed by atoms with van der Waals surface area (Å²) in [6.45, 7) is 4.42. The van der Waals surface area contributed by atoms with E-state index < -0.39 is 6.61 Å². The van der Waals surface area contributed by atoms with Crippen LogP contribution in [0.15, 0.2) is 23.2 Å². The van der Waals surface area contributed by atoms with E-state index in [1.165, 1.54) is 0 Å². The smallest absolute Gasteiger partial charge is 0.387 e. The Hall–Kier alpha value is -1.50. The normalized spacial score (nSPS) is 12.4. The molecular formula is C16H25F2N3OS. The molecule has 0 atom stereocenters. The highest BCUT2D eigenvalue weighted by molar-refractivity contribution is 7.99. The molecule has 0 saturated heterocycles. The van der Waals surface area contributed by atoms with Gasteiger partial charge in [0.2, 0.25) is 0 Å². The monoisotopic (exact) mass is 345 g/mol. The molecule has 0 spiro atoms. The van der Waals surface area contributed by atoms with Crippen LogP contribution in [-0.4, -0.2) is 37.2 Å². The number of aryl methyl sites for hydroxylation is 1. The lowest BCUT2D eigenvalue weighted by atomic mass is 10.1. The third-order valence-corrected chi connectivity index (χ3v) is 4.59. The quantitative estimate of drug-likeness (QED) is 0.587. The second-order valence-corrected chi connectivity index (χ2v) is 7.25. The zero-order valence-electron chi connectivity index (χ0n) is 14.2. The Morgan fingerprint density at radius 1 is 1.35 bits per heavy atom. The van der Waals surface area contributed by atoms with Crippen molar-refractivity contribution in [2.75, 3.05) is 19.8 Å². The fraction of sp³-hybridized carbons (Fsp3) is 0.562. The van der Waals surface area contributed by atoms with Gasteiger partial charge in [-0.05, 0) is 33.1 Å². The Morgan fingerprint density at radius 2 is 2.04 bits per heavy atom. The van der Waals surface area contributed by atoms with Crippen LogP contribution in [0.3, 0.4) is 0 Å². The Bertz CT molecular complexity index is 536. The van der Waals surface area contributed by atoms with E-state index >= 15 is 0 Å². The van der Waals surface area contributed by atoms with Crippen molar-refractivity contribution in [3.05, 3.63) is 29.3 Å². The van der Waals surface area contributed by atoms with Crippen LogP contribution in [-0.2, 0) is 6.54 Å². The zero-order valence-corrected chi connectivity index (χ0v) is 15.1. The van der Waals surface area contributed by atoms with Crippen LogP contribution in [0.1, 0.15) is 25.0 Å². The third-order valence-electron chi connectivity index (χ3n) is 3.34. The molecule has 0 aromatic heterocycles. The highest BCUT2D eigenvalue weighted by Crippen LogP contribution is 2.22. The van der Waals surface area contributed by atoms with Crippen molar-refractivity contribution in [1.29, 1.82) is 0 Å². The molecule has 23 heavy (non-hydrogen) atoms. The van der Waals surface area contributed by atoms with Crippen molar-refractivity contribution in [2.24, 2.45) is 4.99 Å². The van der Waals surface area contributed by atoms with Gasteiger partial charge >= 0.3 is 6.61 Å². The van der Waals surface area contributed by atoms with Gasteiger partial charge in [-0.2, -0.15) is 20.5 Å². The largest absolute Gasteiger partial charge is 0.434 e. The summed E-state index contributed by atoms with van der Waals surface area (Å²) in [5, 5.41) is 6.36. The van der Waals surface area contributed by atoms with Crippen LogP contribution >= 0.6 is 11.8 Å². The maximum atomic E-state index is 12.5. The molecule has 1 aromatic carbocycles. The molecule has 0 saturated carbocycles. The molecule has 130 valence electrons. The molecular weight excluding hydrogens is 320 g/mol. The average molecular weight is 345 g/mol. The SMILES string of the molecule is CN=C(NCc1cc(C)ccc1OC(F)F)NCC(C)(C)SC. The van der Waals surface area contributed by atoms with E-state index in [1.807, 2.05) is 13.0 Å². The number of benzene rings is 1. The molecule has 0 bridgehead atoms. The highest BCUT2D eigenvalue weighted by Gasteiger charge is 2.16. The second-order valence-electron chi connectivity index (χ2n) is 5.73. The number of aliphatic imine (C=N–C) groups is 1. The summed E-state index contributed by atoms with van der Waals surface area (Å²) in [5.41, 5.74) is 1.65. The molecule has 0 fully saturated rings. The third kappa shape index (κ3) is 7.07. The van der Waals surface area contributed by atoms with Gasteiger partial charge in [0.15, 0.2) is 5.96 Å². The van der Waals surface area contributed by atoms with Gasteiger partial charge in [-0.25, -0.2) is 0 Å². The van der Waals surface area contributed by atoms with E-state index in [2.05, 4.69) is 40.5 Å². The molecule has 0 aliphatic carbocycles. The number of alkyl halides is 2. The number of thioether (sulfide) groups is 1. The van der Waals surface area contributed by atoms with Gasteiger partial charge in [0.25, 0.3) is 0 Å². The number of hydrogen-bond donors (Lipinski definition) is 2. The minimum atomic E-state index is -2.84. The van der Waals surface area contributed by atoms with Crippen molar-refractivity contribution in [1.82, 2.24) is 10.6 Å². The van der Waals surface area contributed by atoms with E-state index in [4.69, 9.17) is 0 Å². The first-order valence-corrected chi connectivity index (χ1v) is 8.54. The number of hydrogen-bond acceptors (Lipinski definition) is 3. The molecule has 1 aromatic rings. The van der Waals surface area contributed by atoms with E-state index in [-0.39, 0.29) is 10.5 Å². The van der Waals surface area contributed by atoms with Crippen LogP contribution in [0.2, 0.25) is 0 Å². The van der Waals surface area contributed by atoms with Gasteiger partial charge in [0, 0.05) is 30.4 Å². The average Bonchev–Trinajstić information content (AvgIpc) is 2.49. The summed E-state index contributed by atoms with van der Waals surface area (Å²) in [7, 11) is 1.67. The number of nitrogens with one attached hydrogen (secondary N) is 2. The van der Waals surface area contributed by atoms with E-state index in [0.29, 0.717) is 18.1 Å². The summed E-state index contributed by atoms with van der Waals surface area (Å²) in [5.74, 6) is 0.801. The standard InChI is InChI=1S/C16H25F2N3OS/c1-11-6-7-13(22-14(17)18)12(8-11)9-20-15(19-4)21-10-16(2,3)23-5/h6-8,14H,9-10H2,1-5H3,(H2,19,20,21). The van der Waals surface area contributed by atoms with Gasteiger partial charge in [-0.15, -0.1) is 0 Å². The molecule has 0 unspecified atom stereocenters. The molecule has 2 N–H and O–H groups in total. The summed E-state index contributed by atoms with van der Waals surface area (Å²) in [6.07, 6.45) is 2.05. The predicted molar refractivity (Wildman–Crippen MR) is 93.6 cm³/mol. The fourth-order valence-corrected chi connectivity index (χ4v) is 2.04. The Labute approximate surface area is 141 Å². The molecule has 4 nitrogen and oxygen atoms in total. The number of nitrogens with zero attached hydrogens (tertiary/aromatic N) is 1. The van der Waals surface area contributed by atoms with Crippen molar-refractivity contribution < 1.29 is 13.5 Å². The Morgan fingerprint density at radius 3 is 2.61 bits per heavy atom. The first-order valence-electron chi connectivity index (χ1n) is 7.31. The molecule has 1 rings (SSSR count). The van der Waals surface area contributed by atoms with Crippen LogP contribution in [0.4, 0.5) is 8.78 Å². The Kier molecular flexibility index (Phi) is 7.61. The molecule has 0 amide bonds.